The van der Waals surface area contributed by atoms with Crippen LogP contribution in [0.5, 0.6) is 0 Å². The standard InChI is InChI=1S/C11H19N3.C2H6/c1-9(2)14(10-3-6-13-7-10)11(8-12)4-5-11;1-2/h9-10,13H,3-7H2,1-2H3;1-2H3. The number of hydrogen-bond donors (Lipinski definition) is 1. The van der Waals surface area contributed by atoms with Gasteiger partial charge in [-0.2, -0.15) is 5.26 Å². The van der Waals surface area contributed by atoms with Gasteiger partial charge in [0, 0.05) is 18.6 Å². The van der Waals surface area contributed by atoms with E-state index in [2.05, 4.69) is 30.1 Å². The van der Waals surface area contributed by atoms with Crippen molar-refractivity contribution in [2.45, 2.75) is 64.6 Å². The van der Waals surface area contributed by atoms with E-state index in [1.54, 1.807) is 0 Å². The summed E-state index contributed by atoms with van der Waals surface area (Å²) in [6.45, 7) is 10.6. The van der Waals surface area contributed by atoms with E-state index in [4.69, 9.17) is 0 Å². The van der Waals surface area contributed by atoms with Gasteiger partial charge in [-0.3, -0.25) is 4.90 Å². The highest BCUT2D eigenvalue weighted by atomic mass is 15.3. The van der Waals surface area contributed by atoms with Crippen LogP contribution in [0.2, 0.25) is 0 Å². The van der Waals surface area contributed by atoms with Crippen molar-refractivity contribution in [3.63, 3.8) is 0 Å². The molecule has 0 aromatic rings. The first kappa shape index (κ1) is 13.5. The first-order valence-corrected chi connectivity index (χ1v) is 6.60. The molecule has 2 fully saturated rings. The molecule has 1 atom stereocenters. The lowest BCUT2D eigenvalue weighted by Crippen LogP contribution is -2.49. The fraction of sp³-hybridized carbons (Fsp3) is 0.923. The molecule has 0 bridgehead atoms. The molecule has 1 saturated carbocycles. The van der Waals surface area contributed by atoms with Gasteiger partial charge in [-0.05, 0) is 39.7 Å². The Kier molecular flexibility index (Phi) is 4.76. The molecule has 1 saturated heterocycles. The van der Waals surface area contributed by atoms with Crippen LogP contribution in [-0.2, 0) is 0 Å². The lowest BCUT2D eigenvalue weighted by molar-refractivity contribution is 0.118. The van der Waals surface area contributed by atoms with Gasteiger partial charge in [-0.25, -0.2) is 0 Å². The maximum absolute atomic E-state index is 9.22. The highest BCUT2D eigenvalue weighted by Crippen LogP contribution is 2.44. The van der Waals surface area contributed by atoms with Crippen LogP contribution in [0.15, 0.2) is 0 Å². The third-order valence-electron chi connectivity index (χ3n) is 3.41. The molecule has 92 valence electrons. The van der Waals surface area contributed by atoms with E-state index in [0.29, 0.717) is 12.1 Å². The number of nitrogens with one attached hydrogen (secondary N) is 1. The van der Waals surface area contributed by atoms with Crippen molar-refractivity contribution < 1.29 is 0 Å². The normalized spacial score (nSPS) is 26.2. The topological polar surface area (TPSA) is 39.1 Å². The molecule has 0 amide bonds. The molecule has 0 radical (unpaired) electrons. The van der Waals surface area contributed by atoms with E-state index in [1.807, 2.05) is 13.8 Å². The van der Waals surface area contributed by atoms with Crippen molar-refractivity contribution in [1.29, 1.82) is 5.26 Å². The van der Waals surface area contributed by atoms with E-state index in [9.17, 15) is 5.26 Å². The first-order valence-electron chi connectivity index (χ1n) is 6.60. The minimum atomic E-state index is -0.106. The Morgan fingerprint density at radius 2 is 2.00 bits per heavy atom. The summed E-state index contributed by atoms with van der Waals surface area (Å²) in [4.78, 5) is 2.44. The molecule has 3 heteroatoms. The highest BCUT2D eigenvalue weighted by molar-refractivity contribution is 5.21. The van der Waals surface area contributed by atoms with Gasteiger partial charge in [-0.1, -0.05) is 13.8 Å². The summed E-state index contributed by atoms with van der Waals surface area (Å²) in [5.74, 6) is 0. The predicted molar refractivity (Wildman–Crippen MR) is 67.2 cm³/mol. The van der Waals surface area contributed by atoms with Crippen molar-refractivity contribution in [2.24, 2.45) is 0 Å². The average molecular weight is 223 g/mol. The summed E-state index contributed by atoms with van der Waals surface area (Å²) in [6.07, 6.45) is 3.33. The largest absolute Gasteiger partial charge is 0.315 e. The Labute approximate surface area is 99.8 Å². The first-order chi connectivity index (χ1) is 7.69. The van der Waals surface area contributed by atoms with Crippen LogP contribution in [0.1, 0.15) is 47.0 Å². The second-order valence-corrected chi connectivity index (χ2v) is 4.79. The Morgan fingerprint density at radius 3 is 2.31 bits per heavy atom. The van der Waals surface area contributed by atoms with E-state index in [-0.39, 0.29) is 5.54 Å². The van der Waals surface area contributed by atoms with Crippen molar-refractivity contribution in [3.8, 4) is 6.07 Å². The third-order valence-corrected chi connectivity index (χ3v) is 3.41. The minimum absolute atomic E-state index is 0.106. The van der Waals surface area contributed by atoms with Gasteiger partial charge in [0.05, 0.1) is 6.07 Å². The molecule has 0 aromatic heterocycles. The fourth-order valence-electron chi connectivity index (χ4n) is 2.69. The number of rotatable bonds is 3. The Hall–Kier alpha value is -0.590. The average Bonchev–Trinajstić information content (AvgIpc) is 2.88. The van der Waals surface area contributed by atoms with Crippen molar-refractivity contribution in [2.75, 3.05) is 13.1 Å². The second-order valence-electron chi connectivity index (χ2n) is 4.79. The van der Waals surface area contributed by atoms with E-state index >= 15 is 0 Å². The molecule has 16 heavy (non-hydrogen) atoms. The summed E-state index contributed by atoms with van der Waals surface area (Å²) >= 11 is 0. The molecule has 2 aliphatic rings. The van der Waals surface area contributed by atoms with Gasteiger partial charge in [0.15, 0.2) is 0 Å². The van der Waals surface area contributed by atoms with E-state index in [1.165, 1.54) is 6.42 Å². The third kappa shape index (κ3) is 2.56. The van der Waals surface area contributed by atoms with Crippen LogP contribution >= 0.6 is 0 Å². The second kappa shape index (κ2) is 5.65. The van der Waals surface area contributed by atoms with Crippen LogP contribution in [-0.4, -0.2) is 35.6 Å². The molecule has 0 spiro atoms. The molecule has 1 aliphatic carbocycles. The van der Waals surface area contributed by atoms with E-state index < -0.39 is 0 Å². The maximum Gasteiger partial charge on any atom is 0.109 e. The fourth-order valence-corrected chi connectivity index (χ4v) is 2.69. The maximum atomic E-state index is 9.22. The van der Waals surface area contributed by atoms with Crippen molar-refractivity contribution >= 4 is 0 Å². The van der Waals surface area contributed by atoms with Gasteiger partial charge in [0.1, 0.15) is 5.54 Å². The molecule has 1 unspecified atom stereocenters. The van der Waals surface area contributed by atoms with Crippen LogP contribution in [0.25, 0.3) is 0 Å². The Balaban J connectivity index is 0.000000606. The Morgan fingerprint density at radius 1 is 1.38 bits per heavy atom. The lowest BCUT2D eigenvalue weighted by atomic mass is 10.1. The molecular weight excluding hydrogens is 198 g/mol. The summed E-state index contributed by atoms with van der Waals surface area (Å²) < 4.78 is 0. The SMILES string of the molecule is CC.CC(C)N(C1CCNC1)C1(C#N)CC1. The zero-order chi connectivity index (χ0) is 12.2. The molecule has 1 heterocycles. The quantitative estimate of drug-likeness (QED) is 0.796. The molecule has 0 aromatic carbocycles. The number of hydrogen-bond acceptors (Lipinski definition) is 3. The van der Waals surface area contributed by atoms with Gasteiger partial charge in [0.2, 0.25) is 0 Å². The zero-order valence-electron chi connectivity index (χ0n) is 11.1. The molecular formula is C13H25N3. The van der Waals surface area contributed by atoms with Gasteiger partial charge < -0.3 is 5.32 Å². The van der Waals surface area contributed by atoms with Crippen LogP contribution < -0.4 is 5.32 Å². The smallest absolute Gasteiger partial charge is 0.109 e. The van der Waals surface area contributed by atoms with Gasteiger partial charge in [0.25, 0.3) is 0 Å². The molecule has 2 rings (SSSR count). The molecule has 3 nitrogen and oxygen atoms in total. The van der Waals surface area contributed by atoms with Gasteiger partial charge >= 0.3 is 0 Å². The highest BCUT2D eigenvalue weighted by Gasteiger charge is 2.52. The molecule has 1 aliphatic heterocycles. The lowest BCUT2D eigenvalue weighted by Gasteiger charge is -2.36. The number of nitrogens with zero attached hydrogens (tertiary/aromatic N) is 2. The number of nitriles is 1. The monoisotopic (exact) mass is 223 g/mol. The molecule has 1 N–H and O–H groups in total. The van der Waals surface area contributed by atoms with E-state index in [0.717, 1.165) is 25.9 Å². The van der Waals surface area contributed by atoms with Gasteiger partial charge in [-0.15, -0.1) is 0 Å². The van der Waals surface area contributed by atoms with Crippen LogP contribution in [0, 0.1) is 11.3 Å². The predicted octanol–water partition coefficient (Wildman–Crippen LogP) is 2.14. The summed E-state index contributed by atoms with van der Waals surface area (Å²) in [5.41, 5.74) is -0.106. The van der Waals surface area contributed by atoms with Crippen molar-refractivity contribution in [3.05, 3.63) is 0 Å². The summed E-state index contributed by atoms with van der Waals surface area (Å²) in [6, 6.07) is 3.58. The van der Waals surface area contributed by atoms with Crippen LogP contribution in [0.4, 0.5) is 0 Å². The Bertz CT molecular complexity index is 244. The summed E-state index contributed by atoms with van der Waals surface area (Å²) in [5, 5.41) is 12.6. The summed E-state index contributed by atoms with van der Waals surface area (Å²) in [7, 11) is 0. The van der Waals surface area contributed by atoms with Crippen LogP contribution in [0.3, 0.4) is 0 Å². The van der Waals surface area contributed by atoms with Crippen molar-refractivity contribution in [1.82, 2.24) is 10.2 Å². The zero-order valence-corrected chi connectivity index (χ0v) is 11.1. The minimum Gasteiger partial charge on any atom is -0.315 e.